The van der Waals surface area contributed by atoms with Crippen LogP contribution in [-0.2, 0) is 28.6 Å². The highest BCUT2D eigenvalue weighted by Crippen LogP contribution is 2.11. The van der Waals surface area contributed by atoms with E-state index in [2.05, 4.69) is 179 Å². The standard InChI is InChI=1S/C66H100O6/c1-4-7-10-13-16-19-22-25-27-29-31-32-33-34-36-37-39-41-44-47-50-53-56-59-65(68)71-62-63(61-70-64(67)58-55-52-49-46-43-24-21-18-15-12-9-6-3)72-66(69)60-57-54-51-48-45-42-40-38-35-30-28-26-23-20-17-14-11-8-5-2/h7-8,10-11,16-21,25-28,31-32,34-36,38-39,41-42,45,47,50-51,54,63H,4-6,9,12-15,22-24,29-30,33,37,40,43-44,46,48-49,52-53,55-62H2,1-3H3/b10-7-,11-8-,19-16-,20-17-,21-18-,27-25-,28-26-,32-31-,36-34-,38-35-,41-39-,45-42-,50-47-,54-51-. The number of carbonyl (C=O) groups is 3. The zero-order valence-corrected chi connectivity index (χ0v) is 45.6. The van der Waals surface area contributed by atoms with E-state index in [1.807, 2.05) is 12.2 Å². The molecule has 400 valence electrons. The van der Waals surface area contributed by atoms with Crippen LogP contribution < -0.4 is 0 Å². The Labute approximate surface area is 441 Å². The summed E-state index contributed by atoms with van der Waals surface area (Å²) in [6.45, 7) is 6.24. The monoisotopic (exact) mass is 989 g/mol. The lowest BCUT2D eigenvalue weighted by Gasteiger charge is -2.18. The number of esters is 3. The fourth-order valence-corrected chi connectivity index (χ4v) is 6.80. The number of hydrogen-bond acceptors (Lipinski definition) is 6. The lowest BCUT2D eigenvalue weighted by atomic mass is 10.1. The van der Waals surface area contributed by atoms with Crippen molar-refractivity contribution < 1.29 is 28.6 Å². The van der Waals surface area contributed by atoms with Crippen molar-refractivity contribution in [2.75, 3.05) is 13.2 Å². The molecule has 6 nitrogen and oxygen atoms in total. The van der Waals surface area contributed by atoms with E-state index in [-0.39, 0.29) is 38.0 Å². The smallest absolute Gasteiger partial charge is 0.306 e. The second-order valence-corrected chi connectivity index (χ2v) is 17.7. The van der Waals surface area contributed by atoms with E-state index in [0.717, 1.165) is 122 Å². The third kappa shape index (κ3) is 55.7. The van der Waals surface area contributed by atoms with Crippen LogP contribution >= 0.6 is 0 Å². The van der Waals surface area contributed by atoms with Crippen LogP contribution in [0.3, 0.4) is 0 Å². The summed E-state index contributed by atoms with van der Waals surface area (Å²) in [6, 6.07) is 0. The Balaban J connectivity index is 4.61. The molecule has 0 N–H and O–H groups in total. The fourth-order valence-electron chi connectivity index (χ4n) is 6.80. The van der Waals surface area contributed by atoms with Gasteiger partial charge in [0, 0.05) is 19.3 Å². The minimum absolute atomic E-state index is 0.139. The van der Waals surface area contributed by atoms with Crippen LogP contribution in [0.4, 0.5) is 0 Å². The van der Waals surface area contributed by atoms with Gasteiger partial charge in [0.25, 0.3) is 0 Å². The normalized spacial score (nSPS) is 13.4. The number of unbranched alkanes of at least 4 members (excludes halogenated alkanes) is 9. The second-order valence-electron chi connectivity index (χ2n) is 17.7. The van der Waals surface area contributed by atoms with Gasteiger partial charge in [-0.25, -0.2) is 0 Å². The molecular formula is C66H100O6. The third-order valence-corrected chi connectivity index (χ3v) is 10.9. The molecule has 72 heavy (non-hydrogen) atoms. The van der Waals surface area contributed by atoms with Gasteiger partial charge in [-0.15, -0.1) is 0 Å². The summed E-state index contributed by atoms with van der Waals surface area (Å²) in [7, 11) is 0. The Morgan fingerprint density at radius 2 is 0.583 bits per heavy atom. The molecule has 0 aliphatic heterocycles. The molecule has 0 aromatic carbocycles. The maximum absolute atomic E-state index is 12.8. The average Bonchev–Trinajstić information content (AvgIpc) is 3.38. The number of ether oxygens (including phenoxy) is 3. The van der Waals surface area contributed by atoms with Crippen molar-refractivity contribution in [2.24, 2.45) is 0 Å². The summed E-state index contributed by atoms with van der Waals surface area (Å²) in [5, 5.41) is 0. The summed E-state index contributed by atoms with van der Waals surface area (Å²) in [6.07, 6.45) is 86.4. The predicted molar refractivity (Wildman–Crippen MR) is 311 cm³/mol. The van der Waals surface area contributed by atoms with Gasteiger partial charge in [-0.2, -0.15) is 0 Å². The highest BCUT2D eigenvalue weighted by molar-refractivity contribution is 5.71. The summed E-state index contributed by atoms with van der Waals surface area (Å²) in [5.74, 6) is -1.11. The SMILES string of the molecule is CC/C=C\C/C=C\C/C=C\C/C=C\C/C=C\C/C=C\C/C=C\CCCC(=O)OCC(COC(=O)CCCCCCC/C=C\CCCCC)OC(=O)CC/C=C\C/C=C\C/C=C\C/C=C\C/C=C\C/C=C\CC. The quantitative estimate of drug-likeness (QED) is 0.0262. The first-order valence-corrected chi connectivity index (χ1v) is 28.1. The molecule has 1 unspecified atom stereocenters. The van der Waals surface area contributed by atoms with Gasteiger partial charge in [-0.3, -0.25) is 14.4 Å². The third-order valence-electron chi connectivity index (χ3n) is 10.9. The second kappa shape index (κ2) is 58.3. The Morgan fingerprint density at radius 3 is 0.972 bits per heavy atom. The van der Waals surface area contributed by atoms with Gasteiger partial charge in [0.1, 0.15) is 13.2 Å². The molecule has 0 fully saturated rings. The van der Waals surface area contributed by atoms with Crippen LogP contribution in [0, 0.1) is 0 Å². The minimum atomic E-state index is -0.855. The van der Waals surface area contributed by atoms with E-state index in [1.54, 1.807) is 0 Å². The summed E-state index contributed by atoms with van der Waals surface area (Å²) in [4.78, 5) is 38.1. The van der Waals surface area contributed by atoms with Crippen LogP contribution in [0.1, 0.15) is 207 Å². The lowest BCUT2D eigenvalue weighted by molar-refractivity contribution is -0.166. The van der Waals surface area contributed by atoms with Crippen molar-refractivity contribution in [3.8, 4) is 0 Å². The molecule has 0 aliphatic rings. The van der Waals surface area contributed by atoms with Crippen molar-refractivity contribution in [1.29, 1.82) is 0 Å². The van der Waals surface area contributed by atoms with Crippen molar-refractivity contribution in [1.82, 2.24) is 0 Å². The Hall–Kier alpha value is -5.23. The van der Waals surface area contributed by atoms with Gasteiger partial charge in [0.05, 0.1) is 0 Å². The molecule has 0 rings (SSSR count). The first-order valence-electron chi connectivity index (χ1n) is 28.1. The van der Waals surface area contributed by atoms with Gasteiger partial charge in [-0.05, 0) is 135 Å². The highest BCUT2D eigenvalue weighted by Gasteiger charge is 2.19. The van der Waals surface area contributed by atoms with Crippen LogP contribution in [0.15, 0.2) is 170 Å². The molecule has 0 aliphatic carbocycles. The molecule has 0 saturated heterocycles. The van der Waals surface area contributed by atoms with Crippen molar-refractivity contribution >= 4 is 17.9 Å². The molecule has 0 spiro atoms. The molecule has 1 atom stereocenters. The van der Waals surface area contributed by atoms with Crippen molar-refractivity contribution in [2.45, 2.75) is 213 Å². The Bertz CT molecular complexity index is 1700. The van der Waals surface area contributed by atoms with Gasteiger partial charge >= 0.3 is 17.9 Å². The molecule has 0 saturated carbocycles. The first kappa shape index (κ1) is 66.8. The maximum atomic E-state index is 12.8. The van der Waals surface area contributed by atoms with Crippen LogP contribution in [0.5, 0.6) is 0 Å². The Morgan fingerprint density at radius 1 is 0.292 bits per heavy atom. The largest absolute Gasteiger partial charge is 0.462 e. The number of hydrogen-bond donors (Lipinski definition) is 0. The highest BCUT2D eigenvalue weighted by atomic mass is 16.6. The van der Waals surface area contributed by atoms with Gasteiger partial charge in [-0.1, -0.05) is 223 Å². The molecule has 0 radical (unpaired) electrons. The molecule has 0 aromatic rings. The number of carbonyl (C=O) groups excluding carboxylic acids is 3. The topological polar surface area (TPSA) is 78.9 Å². The van der Waals surface area contributed by atoms with E-state index in [0.29, 0.717) is 19.3 Å². The summed E-state index contributed by atoms with van der Waals surface area (Å²) >= 11 is 0. The molecule has 6 heteroatoms. The summed E-state index contributed by atoms with van der Waals surface area (Å²) < 4.78 is 16.7. The zero-order chi connectivity index (χ0) is 52.2. The van der Waals surface area contributed by atoms with Crippen molar-refractivity contribution in [3.05, 3.63) is 170 Å². The molecule has 0 amide bonds. The molecular weight excluding hydrogens is 889 g/mol. The van der Waals surface area contributed by atoms with Gasteiger partial charge < -0.3 is 14.2 Å². The predicted octanol–water partition coefficient (Wildman–Crippen LogP) is 19.1. The van der Waals surface area contributed by atoms with E-state index in [9.17, 15) is 14.4 Å². The molecule has 0 heterocycles. The summed E-state index contributed by atoms with van der Waals surface area (Å²) in [5.41, 5.74) is 0. The van der Waals surface area contributed by atoms with Crippen LogP contribution in [0.25, 0.3) is 0 Å². The number of allylic oxidation sites excluding steroid dienone is 28. The minimum Gasteiger partial charge on any atom is -0.462 e. The number of rotatable bonds is 48. The van der Waals surface area contributed by atoms with Gasteiger partial charge in [0.15, 0.2) is 6.10 Å². The van der Waals surface area contributed by atoms with Crippen molar-refractivity contribution in [3.63, 3.8) is 0 Å². The van der Waals surface area contributed by atoms with E-state index in [1.165, 1.54) is 32.1 Å². The molecule has 0 bridgehead atoms. The fraction of sp³-hybridized carbons (Fsp3) is 0.530. The molecule has 0 aromatic heterocycles. The van der Waals surface area contributed by atoms with Gasteiger partial charge in [0.2, 0.25) is 0 Å². The zero-order valence-electron chi connectivity index (χ0n) is 45.6. The maximum Gasteiger partial charge on any atom is 0.306 e. The Kier molecular flexibility index (Phi) is 54.1. The van der Waals surface area contributed by atoms with E-state index in [4.69, 9.17) is 14.2 Å². The lowest BCUT2D eigenvalue weighted by Crippen LogP contribution is -2.30. The van der Waals surface area contributed by atoms with E-state index >= 15 is 0 Å². The first-order chi connectivity index (χ1) is 35.5. The van der Waals surface area contributed by atoms with Crippen LogP contribution in [0.2, 0.25) is 0 Å². The van der Waals surface area contributed by atoms with E-state index < -0.39 is 12.1 Å². The average molecular weight is 990 g/mol. The van der Waals surface area contributed by atoms with Crippen LogP contribution in [-0.4, -0.2) is 37.2 Å².